The predicted octanol–water partition coefficient (Wildman–Crippen LogP) is 5.02. The fourth-order valence-corrected chi connectivity index (χ4v) is 3.99. The van der Waals surface area contributed by atoms with Gasteiger partial charge in [0, 0.05) is 6.04 Å². The minimum Gasteiger partial charge on any atom is -0.431 e. The lowest BCUT2D eigenvalue weighted by Gasteiger charge is -2.05. The Bertz CT molecular complexity index is 779. The lowest BCUT2D eigenvalue weighted by molar-refractivity contribution is 0.480. The van der Waals surface area contributed by atoms with Crippen LogP contribution in [0.3, 0.4) is 0 Å². The van der Waals surface area contributed by atoms with E-state index in [0.717, 1.165) is 40.9 Å². The zero-order valence-corrected chi connectivity index (χ0v) is 14.7. The van der Waals surface area contributed by atoms with E-state index in [2.05, 4.69) is 47.6 Å². The average molecular weight is 338 g/mol. The molecule has 1 saturated carbocycles. The number of ether oxygens (including phenoxy) is 1. The van der Waals surface area contributed by atoms with E-state index in [1.165, 1.54) is 18.4 Å². The van der Waals surface area contributed by atoms with Gasteiger partial charge in [-0.05, 0) is 61.6 Å². The van der Waals surface area contributed by atoms with Gasteiger partial charge in [0.15, 0.2) is 0 Å². The molecule has 0 saturated heterocycles. The Kier molecular flexibility index (Phi) is 4.50. The summed E-state index contributed by atoms with van der Waals surface area (Å²) in [5.41, 5.74) is 2.38. The molecule has 3 aromatic rings. The number of aromatic nitrogens is 1. The Morgan fingerprint density at radius 2 is 2.00 bits per heavy atom. The second-order valence-electron chi connectivity index (χ2n) is 6.39. The van der Waals surface area contributed by atoms with Crippen molar-refractivity contribution in [1.82, 2.24) is 10.3 Å². The van der Waals surface area contributed by atoms with Crippen LogP contribution in [0.2, 0.25) is 0 Å². The van der Waals surface area contributed by atoms with E-state index < -0.39 is 0 Å². The molecular formula is C20H22N2OS. The topological polar surface area (TPSA) is 34.1 Å². The quantitative estimate of drug-likeness (QED) is 0.657. The maximum Gasteiger partial charge on any atom is 0.279 e. The molecule has 0 spiro atoms. The van der Waals surface area contributed by atoms with E-state index in [4.69, 9.17) is 4.74 Å². The van der Waals surface area contributed by atoms with Gasteiger partial charge in [-0.3, -0.25) is 0 Å². The first-order valence-electron chi connectivity index (χ1n) is 8.67. The molecule has 1 aromatic heterocycles. The summed E-state index contributed by atoms with van der Waals surface area (Å²) in [6, 6.07) is 17.3. The third-order valence-corrected chi connectivity index (χ3v) is 5.51. The Morgan fingerprint density at radius 3 is 2.79 bits per heavy atom. The van der Waals surface area contributed by atoms with Crippen LogP contribution in [0, 0.1) is 5.92 Å². The third kappa shape index (κ3) is 3.60. The van der Waals surface area contributed by atoms with Crippen LogP contribution in [0.5, 0.6) is 10.9 Å². The molecule has 3 nitrogen and oxygen atoms in total. The first kappa shape index (κ1) is 15.6. The number of para-hydroxylation sites is 1. The van der Waals surface area contributed by atoms with Crippen LogP contribution in [-0.4, -0.2) is 17.6 Å². The highest BCUT2D eigenvalue weighted by Gasteiger charge is 2.35. The highest BCUT2D eigenvalue weighted by atomic mass is 32.1. The molecule has 124 valence electrons. The molecule has 2 atom stereocenters. The van der Waals surface area contributed by atoms with Gasteiger partial charge in [-0.15, -0.1) is 0 Å². The monoisotopic (exact) mass is 338 g/mol. The summed E-state index contributed by atoms with van der Waals surface area (Å²) in [6.45, 7) is 3.26. The fraction of sp³-hybridized carbons (Fsp3) is 0.350. The number of thiazole rings is 1. The van der Waals surface area contributed by atoms with Gasteiger partial charge >= 0.3 is 0 Å². The van der Waals surface area contributed by atoms with Crippen LogP contribution in [0.25, 0.3) is 10.2 Å². The first-order chi connectivity index (χ1) is 11.8. The van der Waals surface area contributed by atoms with Crippen LogP contribution in [0.4, 0.5) is 0 Å². The molecule has 1 aliphatic rings. The van der Waals surface area contributed by atoms with Crippen LogP contribution >= 0.6 is 11.3 Å². The summed E-state index contributed by atoms with van der Waals surface area (Å²) < 4.78 is 7.06. The molecule has 0 radical (unpaired) electrons. The van der Waals surface area contributed by atoms with E-state index >= 15 is 0 Å². The predicted molar refractivity (Wildman–Crippen MR) is 100 cm³/mol. The number of benzene rings is 2. The van der Waals surface area contributed by atoms with Crippen LogP contribution < -0.4 is 10.1 Å². The number of nitrogens with one attached hydrogen (secondary N) is 1. The fourth-order valence-electron chi connectivity index (χ4n) is 3.15. The molecule has 1 heterocycles. The number of hydrogen-bond acceptors (Lipinski definition) is 4. The minimum absolute atomic E-state index is 0.704. The van der Waals surface area contributed by atoms with Crippen molar-refractivity contribution >= 4 is 21.6 Å². The number of aryl methyl sites for hydroxylation is 1. The SMILES string of the molecule is CCNC1CC1CCc1ccc(Oc2nc3ccccc3s2)cc1. The molecule has 0 bridgehead atoms. The summed E-state index contributed by atoms with van der Waals surface area (Å²) in [7, 11) is 0. The molecule has 0 amide bonds. The molecule has 1 aliphatic carbocycles. The second-order valence-corrected chi connectivity index (χ2v) is 7.39. The molecule has 2 unspecified atom stereocenters. The van der Waals surface area contributed by atoms with E-state index in [1.807, 2.05) is 18.2 Å². The maximum atomic E-state index is 5.90. The van der Waals surface area contributed by atoms with Gasteiger partial charge in [0.05, 0.1) is 10.2 Å². The lowest BCUT2D eigenvalue weighted by Crippen LogP contribution is -2.17. The zero-order chi connectivity index (χ0) is 16.4. The molecule has 4 rings (SSSR count). The maximum absolute atomic E-state index is 5.90. The number of hydrogen-bond donors (Lipinski definition) is 1. The van der Waals surface area contributed by atoms with Gasteiger partial charge in [-0.2, -0.15) is 0 Å². The van der Waals surface area contributed by atoms with Crippen LogP contribution in [0.15, 0.2) is 48.5 Å². The first-order valence-corrected chi connectivity index (χ1v) is 9.49. The van der Waals surface area contributed by atoms with Gasteiger partial charge in [-0.25, -0.2) is 4.98 Å². The smallest absolute Gasteiger partial charge is 0.279 e. The normalized spacial score (nSPS) is 19.5. The summed E-state index contributed by atoms with van der Waals surface area (Å²) in [5, 5.41) is 4.23. The molecular weight excluding hydrogens is 316 g/mol. The lowest BCUT2D eigenvalue weighted by atomic mass is 10.1. The molecule has 0 aliphatic heterocycles. The summed E-state index contributed by atoms with van der Waals surface area (Å²) in [4.78, 5) is 4.51. The van der Waals surface area contributed by atoms with Crippen molar-refractivity contribution in [2.75, 3.05) is 6.54 Å². The molecule has 1 N–H and O–H groups in total. The van der Waals surface area contributed by atoms with Crippen molar-refractivity contribution in [3.8, 4) is 10.9 Å². The van der Waals surface area contributed by atoms with Crippen LogP contribution in [-0.2, 0) is 6.42 Å². The summed E-state index contributed by atoms with van der Waals surface area (Å²) in [5.74, 6) is 1.72. The van der Waals surface area contributed by atoms with Crippen molar-refractivity contribution < 1.29 is 4.74 Å². The van der Waals surface area contributed by atoms with Gasteiger partial charge in [-0.1, -0.05) is 42.5 Å². The van der Waals surface area contributed by atoms with Gasteiger partial charge in [0.25, 0.3) is 5.19 Å². The van der Waals surface area contributed by atoms with Gasteiger partial charge in [0.2, 0.25) is 0 Å². The Balaban J connectivity index is 1.34. The van der Waals surface area contributed by atoms with Gasteiger partial charge < -0.3 is 10.1 Å². The number of rotatable bonds is 7. The largest absolute Gasteiger partial charge is 0.431 e. The number of nitrogens with zero attached hydrogens (tertiary/aromatic N) is 1. The molecule has 2 aromatic carbocycles. The van der Waals surface area contributed by atoms with Crippen molar-refractivity contribution in [2.45, 2.75) is 32.2 Å². The standard InChI is InChI=1S/C20H22N2OS/c1-2-21-18-13-15(18)10-7-14-8-11-16(12-9-14)23-20-22-17-5-3-4-6-19(17)24-20/h3-6,8-9,11-12,15,18,21H,2,7,10,13H2,1H3. The van der Waals surface area contributed by atoms with Crippen molar-refractivity contribution in [3.05, 3.63) is 54.1 Å². The van der Waals surface area contributed by atoms with Gasteiger partial charge in [0.1, 0.15) is 5.75 Å². The minimum atomic E-state index is 0.704. The highest BCUT2D eigenvalue weighted by Crippen LogP contribution is 2.35. The highest BCUT2D eigenvalue weighted by molar-refractivity contribution is 7.20. The van der Waals surface area contributed by atoms with Crippen molar-refractivity contribution in [2.24, 2.45) is 5.92 Å². The Hall–Kier alpha value is -1.91. The summed E-state index contributed by atoms with van der Waals surface area (Å²) >= 11 is 1.58. The van der Waals surface area contributed by atoms with E-state index in [-0.39, 0.29) is 0 Å². The van der Waals surface area contributed by atoms with Crippen LogP contribution in [0.1, 0.15) is 25.3 Å². The molecule has 1 fully saturated rings. The Morgan fingerprint density at radius 1 is 1.17 bits per heavy atom. The van der Waals surface area contributed by atoms with Crippen molar-refractivity contribution in [3.63, 3.8) is 0 Å². The summed E-state index contributed by atoms with van der Waals surface area (Å²) in [6.07, 6.45) is 3.76. The van der Waals surface area contributed by atoms with E-state index in [0.29, 0.717) is 5.19 Å². The second kappa shape index (κ2) is 6.91. The Labute approximate surface area is 146 Å². The van der Waals surface area contributed by atoms with E-state index in [1.54, 1.807) is 11.3 Å². The molecule has 24 heavy (non-hydrogen) atoms. The zero-order valence-electron chi connectivity index (χ0n) is 13.9. The number of fused-ring (bicyclic) bond motifs is 1. The van der Waals surface area contributed by atoms with E-state index in [9.17, 15) is 0 Å². The van der Waals surface area contributed by atoms with Crippen molar-refractivity contribution in [1.29, 1.82) is 0 Å². The third-order valence-electron chi connectivity index (χ3n) is 4.60. The molecule has 4 heteroatoms. The average Bonchev–Trinajstić information content (AvgIpc) is 3.21.